The number of aromatic nitrogens is 2. The molecule has 3 rings (SSSR count). The summed E-state index contributed by atoms with van der Waals surface area (Å²) in [4.78, 5) is 20.4. The summed E-state index contributed by atoms with van der Waals surface area (Å²) in [7, 11) is 2.71. The van der Waals surface area contributed by atoms with Gasteiger partial charge in [0, 0.05) is 18.7 Å². The Labute approximate surface area is 161 Å². The summed E-state index contributed by atoms with van der Waals surface area (Å²) in [6.07, 6.45) is 2.09. The number of fused-ring (bicyclic) bond motifs is 1. The second kappa shape index (κ2) is 8.46. The van der Waals surface area contributed by atoms with Crippen molar-refractivity contribution in [1.29, 1.82) is 0 Å². The van der Waals surface area contributed by atoms with Gasteiger partial charge in [-0.3, -0.25) is 4.98 Å². The monoisotopic (exact) mass is 380 g/mol. The average molecular weight is 380 g/mol. The van der Waals surface area contributed by atoms with Crippen LogP contribution in [0, 0.1) is 17.7 Å². The molecule has 0 aliphatic carbocycles. The summed E-state index contributed by atoms with van der Waals surface area (Å²) in [5.74, 6) is 4.16. The highest BCUT2D eigenvalue weighted by atomic mass is 19.1. The van der Waals surface area contributed by atoms with Crippen LogP contribution in [-0.2, 0) is 15.9 Å². The van der Waals surface area contributed by atoms with Crippen molar-refractivity contribution >= 4 is 16.9 Å². The summed E-state index contributed by atoms with van der Waals surface area (Å²) in [6, 6.07) is 7.95. The molecule has 0 aliphatic rings. The van der Waals surface area contributed by atoms with E-state index in [1.165, 1.54) is 26.4 Å². The van der Waals surface area contributed by atoms with Crippen LogP contribution in [0.1, 0.15) is 27.3 Å². The molecule has 0 atom stereocenters. The number of hydrogen-bond donors (Lipinski definition) is 1. The van der Waals surface area contributed by atoms with E-state index >= 15 is 0 Å². The summed E-state index contributed by atoms with van der Waals surface area (Å²) < 4.78 is 22.7. The molecule has 0 spiro atoms. The van der Waals surface area contributed by atoms with Gasteiger partial charge in [-0.15, -0.1) is 0 Å². The number of carbonyl (C=O) groups is 1. The van der Waals surface area contributed by atoms with Crippen LogP contribution in [0.2, 0.25) is 0 Å². The lowest BCUT2D eigenvalue weighted by atomic mass is 10.0. The molecule has 0 bridgehead atoms. The fraction of sp³-hybridized carbons (Fsp3) is 0.190. The Kier molecular flexibility index (Phi) is 5.82. The van der Waals surface area contributed by atoms with Gasteiger partial charge in [0.25, 0.3) is 0 Å². The molecule has 28 heavy (non-hydrogen) atoms. The highest BCUT2D eigenvalue weighted by Gasteiger charge is 2.20. The lowest BCUT2D eigenvalue weighted by Gasteiger charge is -2.09. The molecular weight excluding hydrogens is 363 g/mol. The van der Waals surface area contributed by atoms with E-state index < -0.39 is 5.97 Å². The van der Waals surface area contributed by atoms with Gasteiger partial charge in [-0.05, 0) is 41.7 Å². The van der Waals surface area contributed by atoms with E-state index in [2.05, 4.69) is 26.5 Å². The number of halogens is 1. The predicted molar refractivity (Wildman–Crippen MR) is 101 cm³/mol. The molecule has 0 radical (unpaired) electrons. The second-order valence-corrected chi connectivity index (χ2v) is 5.93. The second-order valence-electron chi connectivity index (χ2n) is 5.93. The van der Waals surface area contributed by atoms with Crippen LogP contribution in [0.3, 0.4) is 0 Å². The van der Waals surface area contributed by atoms with Crippen LogP contribution in [-0.4, -0.2) is 41.9 Å². The van der Waals surface area contributed by atoms with Gasteiger partial charge in [-0.2, -0.15) is 0 Å². The average Bonchev–Trinajstić information content (AvgIpc) is 2.71. The maximum atomic E-state index is 13.1. The van der Waals surface area contributed by atoms with Crippen LogP contribution in [0.25, 0.3) is 10.9 Å². The lowest BCUT2D eigenvalue weighted by molar-refractivity contribution is 0.0590. The van der Waals surface area contributed by atoms with Crippen LogP contribution in [0.5, 0.6) is 5.75 Å². The van der Waals surface area contributed by atoms with Crippen LogP contribution in [0.4, 0.5) is 4.39 Å². The fourth-order valence-electron chi connectivity index (χ4n) is 2.68. The van der Waals surface area contributed by atoms with E-state index in [1.54, 1.807) is 24.4 Å². The molecular formula is C21H17FN2O4. The summed E-state index contributed by atoms with van der Waals surface area (Å²) in [6.45, 7) is 0.181. The van der Waals surface area contributed by atoms with Gasteiger partial charge in [0.1, 0.15) is 23.6 Å². The van der Waals surface area contributed by atoms with Crippen molar-refractivity contribution in [2.24, 2.45) is 0 Å². The molecule has 0 saturated carbocycles. The van der Waals surface area contributed by atoms with Gasteiger partial charge in [-0.1, -0.05) is 18.1 Å². The van der Waals surface area contributed by atoms with Crippen LogP contribution >= 0.6 is 0 Å². The third-order valence-corrected chi connectivity index (χ3v) is 4.00. The van der Waals surface area contributed by atoms with E-state index in [0.717, 1.165) is 11.1 Å². The SMILES string of the molecule is COCC#Cc1nc(C(=O)OC)c(O)c2ncc(Cc3ccc(F)cc3)cc12. The third-order valence-electron chi connectivity index (χ3n) is 4.00. The standard InChI is InChI=1S/C21H17FN2O4/c1-27-9-3-4-17-16-11-14(10-13-5-7-15(22)8-6-13)12-23-18(16)20(25)19(24-17)21(26)28-2/h5-8,11-12,25H,9-10H2,1-2H3. The lowest BCUT2D eigenvalue weighted by Crippen LogP contribution is -2.07. The van der Waals surface area contributed by atoms with Crippen molar-refractivity contribution in [3.63, 3.8) is 0 Å². The first-order valence-electron chi connectivity index (χ1n) is 8.35. The van der Waals surface area contributed by atoms with E-state index in [0.29, 0.717) is 11.8 Å². The number of methoxy groups -OCH3 is 2. The smallest absolute Gasteiger partial charge is 0.360 e. The highest BCUT2D eigenvalue weighted by Crippen LogP contribution is 2.29. The highest BCUT2D eigenvalue weighted by molar-refractivity contribution is 5.99. The maximum absolute atomic E-state index is 13.1. The van der Waals surface area contributed by atoms with Crippen molar-refractivity contribution in [3.8, 4) is 17.6 Å². The molecule has 1 aromatic carbocycles. The number of hydrogen-bond acceptors (Lipinski definition) is 6. The molecule has 7 heteroatoms. The normalized spacial score (nSPS) is 10.4. The summed E-state index contributed by atoms with van der Waals surface area (Å²) >= 11 is 0. The molecule has 0 saturated heterocycles. The summed E-state index contributed by atoms with van der Waals surface area (Å²) in [5.41, 5.74) is 1.94. The van der Waals surface area contributed by atoms with Gasteiger partial charge >= 0.3 is 5.97 Å². The number of nitrogens with zero attached hydrogens (tertiary/aromatic N) is 2. The number of aromatic hydroxyl groups is 1. The minimum absolute atomic E-state index is 0.181. The predicted octanol–water partition coefficient (Wildman–Crippen LogP) is 2.85. The van der Waals surface area contributed by atoms with E-state index in [1.807, 2.05) is 0 Å². The first-order chi connectivity index (χ1) is 13.5. The minimum Gasteiger partial charge on any atom is -0.504 e. The molecule has 0 amide bonds. The molecule has 0 aliphatic heterocycles. The summed E-state index contributed by atoms with van der Waals surface area (Å²) in [5, 5.41) is 10.9. The molecule has 0 fully saturated rings. The first-order valence-corrected chi connectivity index (χ1v) is 8.35. The van der Waals surface area contributed by atoms with Gasteiger partial charge in [0.2, 0.25) is 0 Å². The zero-order chi connectivity index (χ0) is 20.1. The number of esters is 1. The number of ether oxygens (including phenoxy) is 2. The van der Waals surface area contributed by atoms with Crippen molar-refractivity contribution in [2.45, 2.75) is 6.42 Å². The number of rotatable bonds is 4. The maximum Gasteiger partial charge on any atom is 0.360 e. The van der Waals surface area contributed by atoms with Crippen LogP contribution in [0.15, 0.2) is 36.5 Å². The number of pyridine rings is 2. The van der Waals surface area contributed by atoms with Crippen molar-refractivity contribution in [2.75, 3.05) is 20.8 Å². The van der Waals surface area contributed by atoms with E-state index in [9.17, 15) is 14.3 Å². The third kappa shape index (κ3) is 4.08. The van der Waals surface area contributed by atoms with Gasteiger partial charge in [0.15, 0.2) is 11.4 Å². The molecule has 2 aromatic heterocycles. The molecule has 0 unspecified atom stereocenters. The topological polar surface area (TPSA) is 81.5 Å². The molecule has 142 valence electrons. The minimum atomic E-state index is -0.786. The first kappa shape index (κ1) is 19.3. The van der Waals surface area contributed by atoms with Crippen molar-refractivity contribution in [3.05, 3.63) is 64.9 Å². The molecule has 6 nitrogen and oxygen atoms in total. The Bertz CT molecular complexity index is 1090. The Morgan fingerprint density at radius 1 is 1.21 bits per heavy atom. The van der Waals surface area contributed by atoms with Gasteiger partial charge in [0.05, 0.1) is 7.11 Å². The largest absolute Gasteiger partial charge is 0.504 e. The van der Waals surface area contributed by atoms with E-state index in [-0.39, 0.29) is 35.1 Å². The van der Waals surface area contributed by atoms with Crippen molar-refractivity contribution < 1.29 is 23.8 Å². The Morgan fingerprint density at radius 3 is 2.64 bits per heavy atom. The Balaban J connectivity index is 2.11. The fourth-order valence-corrected chi connectivity index (χ4v) is 2.68. The molecule has 1 N–H and O–H groups in total. The molecule has 2 heterocycles. The molecule has 3 aromatic rings. The Hall–Kier alpha value is -3.50. The van der Waals surface area contributed by atoms with E-state index in [4.69, 9.17) is 4.74 Å². The number of carbonyl (C=O) groups excluding carboxylic acids is 1. The van der Waals surface area contributed by atoms with Gasteiger partial charge in [-0.25, -0.2) is 14.2 Å². The van der Waals surface area contributed by atoms with Crippen LogP contribution < -0.4 is 0 Å². The van der Waals surface area contributed by atoms with Crippen molar-refractivity contribution in [1.82, 2.24) is 9.97 Å². The quantitative estimate of drug-likeness (QED) is 0.554. The van der Waals surface area contributed by atoms with Gasteiger partial charge < -0.3 is 14.6 Å². The number of benzene rings is 1. The Morgan fingerprint density at radius 2 is 1.96 bits per heavy atom. The zero-order valence-corrected chi connectivity index (χ0v) is 15.3. The zero-order valence-electron chi connectivity index (χ0n) is 15.3.